The van der Waals surface area contributed by atoms with Gasteiger partial charge in [0.25, 0.3) is 0 Å². The van der Waals surface area contributed by atoms with Crippen LogP contribution in [0.25, 0.3) is 0 Å². The van der Waals surface area contributed by atoms with E-state index in [0.29, 0.717) is 5.91 Å². The average molecular weight is 225 g/mol. The van der Waals surface area contributed by atoms with Gasteiger partial charge in [0.05, 0.1) is 0 Å². The summed E-state index contributed by atoms with van der Waals surface area (Å²) in [6, 6.07) is 0. The van der Waals surface area contributed by atoms with E-state index in [1.165, 1.54) is 51.4 Å². The molecule has 1 amide bonds. The average Bonchev–Trinajstić information content (AvgIpc) is 2.34. The Morgan fingerprint density at radius 2 is 1.56 bits per heavy atom. The van der Waals surface area contributed by atoms with Gasteiger partial charge in [0.2, 0.25) is 5.91 Å². The maximum absolute atomic E-state index is 11.8. The first-order valence-corrected chi connectivity index (χ1v) is 7.12. The van der Waals surface area contributed by atoms with Crippen LogP contribution in [0.3, 0.4) is 0 Å². The molecule has 0 bridgehead atoms. The normalized spacial score (nSPS) is 16.4. The minimum atomic E-state index is 0.398. The van der Waals surface area contributed by atoms with E-state index in [-0.39, 0.29) is 0 Å². The molecule has 2 nitrogen and oxygen atoms in total. The van der Waals surface area contributed by atoms with E-state index < -0.39 is 0 Å². The van der Waals surface area contributed by atoms with Gasteiger partial charge in [0.15, 0.2) is 0 Å². The predicted octanol–water partition coefficient (Wildman–Crippen LogP) is 3.75. The lowest BCUT2D eigenvalue weighted by molar-refractivity contribution is -0.132. The summed E-state index contributed by atoms with van der Waals surface area (Å²) >= 11 is 0. The maximum atomic E-state index is 11.8. The summed E-state index contributed by atoms with van der Waals surface area (Å²) in [5, 5.41) is 0. The second kappa shape index (κ2) is 8.60. The third-order valence-corrected chi connectivity index (χ3v) is 3.45. The van der Waals surface area contributed by atoms with Crippen LogP contribution in [0.5, 0.6) is 0 Å². The summed E-state index contributed by atoms with van der Waals surface area (Å²) in [6.07, 6.45) is 12.1. The Balaban J connectivity index is 1.97. The van der Waals surface area contributed by atoms with Crippen LogP contribution in [-0.2, 0) is 4.79 Å². The largest absolute Gasteiger partial charge is 0.343 e. The second-order valence-corrected chi connectivity index (χ2v) is 4.96. The maximum Gasteiger partial charge on any atom is 0.222 e. The van der Waals surface area contributed by atoms with Gasteiger partial charge in [-0.05, 0) is 25.7 Å². The van der Waals surface area contributed by atoms with Gasteiger partial charge >= 0.3 is 0 Å². The van der Waals surface area contributed by atoms with E-state index in [4.69, 9.17) is 0 Å². The van der Waals surface area contributed by atoms with E-state index in [0.717, 1.165) is 25.9 Å². The molecule has 1 aliphatic rings. The van der Waals surface area contributed by atoms with Gasteiger partial charge in [0.1, 0.15) is 0 Å². The number of nitrogens with zero attached hydrogens (tertiary/aromatic N) is 1. The van der Waals surface area contributed by atoms with Crippen molar-refractivity contribution in [2.75, 3.05) is 13.1 Å². The van der Waals surface area contributed by atoms with Crippen molar-refractivity contribution in [3.05, 3.63) is 0 Å². The van der Waals surface area contributed by atoms with Crippen LogP contribution < -0.4 is 0 Å². The minimum absolute atomic E-state index is 0.398. The zero-order chi connectivity index (χ0) is 11.6. The molecule has 1 saturated heterocycles. The first kappa shape index (κ1) is 13.5. The van der Waals surface area contributed by atoms with Crippen molar-refractivity contribution in [3.63, 3.8) is 0 Å². The van der Waals surface area contributed by atoms with E-state index >= 15 is 0 Å². The Morgan fingerprint density at radius 1 is 0.938 bits per heavy atom. The number of hydrogen-bond donors (Lipinski definition) is 0. The lowest BCUT2D eigenvalue weighted by Crippen LogP contribution is -2.35. The number of unbranched alkanes of at least 4 members (excludes halogenated alkanes) is 5. The number of hydrogen-bond acceptors (Lipinski definition) is 1. The molecule has 0 saturated carbocycles. The van der Waals surface area contributed by atoms with Crippen molar-refractivity contribution in [2.24, 2.45) is 0 Å². The third kappa shape index (κ3) is 5.53. The number of piperidine rings is 1. The number of carbonyl (C=O) groups is 1. The monoisotopic (exact) mass is 225 g/mol. The van der Waals surface area contributed by atoms with Crippen molar-refractivity contribution in [3.8, 4) is 0 Å². The Bertz CT molecular complexity index is 185. The molecule has 2 heteroatoms. The highest BCUT2D eigenvalue weighted by Gasteiger charge is 2.15. The molecule has 0 atom stereocenters. The van der Waals surface area contributed by atoms with Crippen LogP contribution in [0.1, 0.15) is 71.1 Å². The smallest absolute Gasteiger partial charge is 0.222 e. The highest BCUT2D eigenvalue weighted by Crippen LogP contribution is 2.12. The molecule has 0 N–H and O–H groups in total. The lowest BCUT2D eigenvalue weighted by Gasteiger charge is -2.26. The molecule has 16 heavy (non-hydrogen) atoms. The number of rotatable bonds is 7. The minimum Gasteiger partial charge on any atom is -0.343 e. The lowest BCUT2D eigenvalue weighted by atomic mass is 10.1. The van der Waals surface area contributed by atoms with Gasteiger partial charge in [-0.1, -0.05) is 39.0 Å². The Morgan fingerprint density at radius 3 is 2.25 bits per heavy atom. The van der Waals surface area contributed by atoms with Gasteiger partial charge < -0.3 is 4.90 Å². The summed E-state index contributed by atoms with van der Waals surface area (Å²) in [6.45, 7) is 4.25. The van der Waals surface area contributed by atoms with E-state index in [1.807, 2.05) is 0 Å². The first-order chi connectivity index (χ1) is 7.84. The number of likely N-dealkylation sites (tertiary alicyclic amines) is 1. The van der Waals surface area contributed by atoms with Crippen LogP contribution in [0.15, 0.2) is 0 Å². The molecule has 1 rings (SSSR count). The van der Waals surface area contributed by atoms with Crippen LogP contribution in [0.4, 0.5) is 0 Å². The fraction of sp³-hybridized carbons (Fsp3) is 0.929. The molecule has 0 aromatic heterocycles. The summed E-state index contributed by atoms with van der Waals surface area (Å²) in [7, 11) is 0. The van der Waals surface area contributed by atoms with Crippen molar-refractivity contribution in [1.29, 1.82) is 0 Å². The zero-order valence-corrected chi connectivity index (χ0v) is 10.8. The van der Waals surface area contributed by atoms with Crippen molar-refractivity contribution in [1.82, 2.24) is 4.90 Å². The van der Waals surface area contributed by atoms with Crippen LogP contribution in [0.2, 0.25) is 0 Å². The molecule has 0 spiro atoms. The quantitative estimate of drug-likeness (QED) is 0.604. The molecule has 0 radical (unpaired) electrons. The molecular formula is C14H27NO. The summed E-state index contributed by atoms with van der Waals surface area (Å²) in [4.78, 5) is 13.9. The molecule has 1 aliphatic heterocycles. The second-order valence-electron chi connectivity index (χ2n) is 4.96. The van der Waals surface area contributed by atoms with Gasteiger partial charge in [-0.2, -0.15) is 0 Å². The molecule has 0 aromatic carbocycles. The molecule has 0 aliphatic carbocycles. The SMILES string of the molecule is CCCCCCCCC(=O)N1CCCCC1. The van der Waals surface area contributed by atoms with Crippen LogP contribution in [-0.4, -0.2) is 23.9 Å². The van der Waals surface area contributed by atoms with E-state index in [2.05, 4.69) is 11.8 Å². The van der Waals surface area contributed by atoms with E-state index in [9.17, 15) is 4.79 Å². The standard InChI is InChI=1S/C14H27NO/c1-2-3-4-5-6-8-11-14(16)15-12-9-7-10-13-15/h2-13H2,1H3. The highest BCUT2D eigenvalue weighted by molar-refractivity contribution is 5.76. The van der Waals surface area contributed by atoms with E-state index in [1.54, 1.807) is 0 Å². The fourth-order valence-corrected chi connectivity index (χ4v) is 2.36. The van der Waals surface area contributed by atoms with Gasteiger partial charge in [0, 0.05) is 19.5 Å². The van der Waals surface area contributed by atoms with Crippen LogP contribution >= 0.6 is 0 Å². The highest BCUT2D eigenvalue weighted by atomic mass is 16.2. The Hall–Kier alpha value is -0.530. The summed E-state index contributed by atoms with van der Waals surface area (Å²) < 4.78 is 0. The van der Waals surface area contributed by atoms with Crippen molar-refractivity contribution in [2.45, 2.75) is 71.1 Å². The molecular weight excluding hydrogens is 198 g/mol. The summed E-state index contributed by atoms with van der Waals surface area (Å²) in [5.41, 5.74) is 0. The Kier molecular flexibility index (Phi) is 7.28. The molecule has 1 heterocycles. The molecule has 1 fully saturated rings. The molecule has 0 unspecified atom stereocenters. The van der Waals surface area contributed by atoms with Gasteiger partial charge in [-0.3, -0.25) is 4.79 Å². The molecule has 94 valence electrons. The van der Waals surface area contributed by atoms with Gasteiger partial charge in [-0.25, -0.2) is 0 Å². The van der Waals surface area contributed by atoms with Gasteiger partial charge in [-0.15, -0.1) is 0 Å². The van der Waals surface area contributed by atoms with Crippen molar-refractivity contribution >= 4 is 5.91 Å². The zero-order valence-electron chi connectivity index (χ0n) is 10.8. The topological polar surface area (TPSA) is 20.3 Å². The van der Waals surface area contributed by atoms with Crippen molar-refractivity contribution < 1.29 is 4.79 Å². The Labute approximate surface area is 100 Å². The number of carbonyl (C=O) groups excluding carboxylic acids is 1. The predicted molar refractivity (Wildman–Crippen MR) is 68.4 cm³/mol. The number of amides is 1. The first-order valence-electron chi connectivity index (χ1n) is 7.12. The summed E-state index contributed by atoms with van der Waals surface area (Å²) in [5.74, 6) is 0.398. The van der Waals surface area contributed by atoms with Crippen LogP contribution in [0, 0.1) is 0 Å². The third-order valence-electron chi connectivity index (χ3n) is 3.45. The molecule has 0 aromatic rings. The fourth-order valence-electron chi connectivity index (χ4n) is 2.36.